The lowest BCUT2D eigenvalue weighted by Gasteiger charge is -2.30. The summed E-state index contributed by atoms with van der Waals surface area (Å²) in [6.07, 6.45) is 4.63. The minimum absolute atomic E-state index is 0.243. The summed E-state index contributed by atoms with van der Waals surface area (Å²) in [6, 6.07) is 8.22. The first kappa shape index (κ1) is 13.2. The average molecular weight is 316 g/mol. The van der Waals surface area contributed by atoms with Gasteiger partial charge in [-0.15, -0.1) is 0 Å². The zero-order valence-electron chi connectivity index (χ0n) is 9.99. The molecule has 2 nitrogen and oxygen atoms in total. The number of nitrogens with one attached hydrogen (secondary N) is 1. The van der Waals surface area contributed by atoms with E-state index in [0.717, 1.165) is 22.2 Å². The molecule has 1 N–H and O–H groups in total. The number of hydrogen-bond donors (Lipinski definition) is 1. The molecule has 0 bridgehead atoms. The zero-order chi connectivity index (χ0) is 12.3. The summed E-state index contributed by atoms with van der Waals surface area (Å²) in [7, 11) is 1.05. The van der Waals surface area contributed by atoms with E-state index in [-0.39, 0.29) is 5.25 Å². The van der Waals surface area contributed by atoms with Crippen LogP contribution in [0, 0.1) is 0 Å². The second kappa shape index (κ2) is 6.12. The van der Waals surface area contributed by atoms with Crippen molar-refractivity contribution in [1.29, 1.82) is 0 Å². The van der Waals surface area contributed by atoms with Gasteiger partial charge in [-0.25, -0.2) is 0 Å². The highest BCUT2D eigenvalue weighted by Gasteiger charge is 2.30. The largest absolute Gasteiger partial charge is 0.316 e. The van der Waals surface area contributed by atoms with Crippen LogP contribution < -0.4 is 5.32 Å². The summed E-state index contributed by atoms with van der Waals surface area (Å²) in [4.78, 5) is 0.930. The van der Waals surface area contributed by atoms with Crippen LogP contribution in [0.1, 0.15) is 25.7 Å². The third-order valence-electron chi connectivity index (χ3n) is 3.40. The Morgan fingerprint density at radius 1 is 1.29 bits per heavy atom. The average Bonchev–Trinajstić information content (AvgIpc) is 2.38. The molecular weight excluding hydrogens is 298 g/mol. The number of halogens is 1. The van der Waals surface area contributed by atoms with Gasteiger partial charge in [-0.3, -0.25) is 4.21 Å². The lowest BCUT2D eigenvalue weighted by molar-refractivity contribution is 0.399. The van der Waals surface area contributed by atoms with Gasteiger partial charge in [0.05, 0.1) is 20.9 Å². The van der Waals surface area contributed by atoms with E-state index in [2.05, 4.69) is 21.2 Å². The van der Waals surface area contributed by atoms with Crippen molar-refractivity contribution in [3.05, 3.63) is 28.7 Å². The first-order chi connectivity index (χ1) is 8.24. The van der Waals surface area contributed by atoms with Crippen LogP contribution in [0.4, 0.5) is 0 Å². The molecule has 3 unspecified atom stereocenters. The Hall–Kier alpha value is -0.190. The molecule has 1 saturated carbocycles. The van der Waals surface area contributed by atoms with E-state index in [1.807, 2.05) is 31.3 Å². The van der Waals surface area contributed by atoms with E-state index in [9.17, 15) is 4.21 Å². The predicted octanol–water partition coefficient (Wildman–Crippen LogP) is 3.09. The van der Waals surface area contributed by atoms with Gasteiger partial charge in [0.2, 0.25) is 0 Å². The third kappa shape index (κ3) is 2.98. The van der Waals surface area contributed by atoms with Crippen molar-refractivity contribution in [2.24, 2.45) is 0 Å². The highest BCUT2D eigenvalue weighted by atomic mass is 79.9. The van der Waals surface area contributed by atoms with Crippen molar-refractivity contribution in [3.8, 4) is 0 Å². The molecule has 0 radical (unpaired) electrons. The van der Waals surface area contributed by atoms with E-state index in [0.29, 0.717) is 6.04 Å². The molecule has 0 aromatic heterocycles. The van der Waals surface area contributed by atoms with Gasteiger partial charge in [0.1, 0.15) is 0 Å². The molecule has 0 saturated heterocycles. The standard InChI is InChI=1S/C13H18BrNOS/c1-15-11-7-3-5-9-13(11)17(16)12-8-4-2-6-10(12)14/h2,4,6,8,11,13,15H,3,5,7,9H2,1H3. The van der Waals surface area contributed by atoms with Crippen LogP contribution in [0.3, 0.4) is 0 Å². The lowest BCUT2D eigenvalue weighted by Crippen LogP contribution is -2.42. The van der Waals surface area contributed by atoms with Crippen molar-refractivity contribution in [3.63, 3.8) is 0 Å². The summed E-state index contributed by atoms with van der Waals surface area (Å²) >= 11 is 3.49. The Morgan fingerprint density at radius 2 is 2.00 bits per heavy atom. The number of benzene rings is 1. The van der Waals surface area contributed by atoms with E-state index in [1.165, 1.54) is 12.8 Å². The van der Waals surface area contributed by atoms with Gasteiger partial charge < -0.3 is 5.32 Å². The van der Waals surface area contributed by atoms with Crippen LogP contribution in [0.2, 0.25) is 0 Å². The fraction of sp³-hybridized carbons (Fsp3) is 0.538. The van der Waals surface area contributed by atoms with Gasteiger partial charge in [-0.1, -0.05) is 25.0 Å². The minimum Gasteiger partial charge on any atom is -0.316 e. The van der Waals surface area contributed by atoms with E-state index < -0.39 is 10.8 Å². The van der Waals surface area contributed by atoms with Crippen LogP contribution in [-0.2, 0) is 10.8 Å². The van der Waals surface area contributed by atoms with Crippen LogP contribution >= 0.6 is 15.9 Å². The van der Waals surface area contributed by atoms with Gasteiger partial charge >= 0.3 is 0 Å². The molecule has 3 atom stereocenters. The molecule has 17 heavy (non-hydrogen) atoms. The van der Waals surface area contributed by atoms with Gasteiger partial charge in [0.25, 0.3) is 0 Å². The van der Waals surface area contributed by atoms with Crippen molar-refractivity contribution < 1.29 is 4.21 Å². The molecule has 1 aromatic rings. The molecule has 0 heterocycles. The molecule has 0 aliphatic heterocycles. The highest BCUT2D eigenvalue weighted by molar-refractivity contribution is 9.10. The second-order valence-electron chi connectivity index (χ2n) is 4.45. The molecule has 1 fully saturated rings. The molecule has 0 spiro atoms. The van der Waals surface area contributed by atoms with Crippen molar-refractivity contribution in [2.45, 2.75) is 41.9 Å². The quantitative estimate of drug-likeness (QED) is 0.928. The van der Waals surface area contributed by atoms with Crippen molar-refractivity contribution in [1.82, 2.24) is 5.32 Å². The molecule has 2 rings (SSSR count). The number of hydrogen-bond acceptors (Lipinski definition) is 2. The third-order valence-corrected chi connectivity index (χ3v) is 6.26. The zero-order valence-corrected chi connectivity index (χ0v) is 12.4. The van der Waals surface area contributed by atoms with Crippen LogP contribution in [-0.4, -0.2) is 22.5 Å². The first-order valence-corrected chi connectivity index (χ1v) is 8.07. The van der Waals surface area contributed by atoms with Gasteiger partial charge in [-0.2, -0.15) is 0 Å². The lowest BCUT2D eigenvalue weighted by atomic mass is 9.95. The van der Waals surface area contributed by atoms with Gasteiger partial charge in [0.15, 0.2) is 0 Å². The summed E-state index contributed by atoms with van der Waals surface area (Å²) in [5.74, 6) is 0. The summed E-state index contributed by atoms with van der Waals surface area (Å²) < 4.78 is 13.6. The Bertz CT molecular complexity index is 410. The van der Waals surface area contributed by atoms with E-state index in [1.54, 1.807) is 0 Å². The fourth-order valence-electron chi connectivity index (χ4n) is 2.45. The highest BCUT2D eigenvalue weighted by Crippen LogP contribution is 2.29. The normalized spacial score (nSPS) is 26.7. The van der Waals surface area contributed by atoms with Crippen molar-refractivity contribution >= 4 is 26.7 Å². The topological polar surface area (TPSA) is 29.1 Å². The maximum atomic E-state index is 12.6. The Balaban J connectivity index is 2.21. The molecule has 1 aliphatic rings. The van der Waals surface area contributed by atoms with E-state index >= 15 is 0 Å². The summed E-state index contributed by atoms with van der Waals surface area (Å²) in [6.45, 7) is 0. The molecule has 94 valence electrons. The van der Waals surface area contributed by atoms with E-state index in [4.69, 9.17) is 0 Å². The summed E-state index contributed by atoms with van der Waals surface area (Å²) in [5.41, 5.74) is 0. The van der Waals surface area contributed by atoms with Crippen LogP contribution in [0.25, 0.3) is 0 Å². The Morgan fingerprint density at radius 3 is 2.71 bits per heavy atom. The van der Waals surface area contributed by atoms with Crippen molar-refractivity contribution in [2.75, 3.05) is 7.05 Å². The summed E-state index contributed by atoms with van der Waals surface area (Å²) in [5, 5.41) is 3.56. The fourth-order valence-corrected chi connectivity index (χ4v) is 4.97. The molecule has 0 amide bonds. The first-order valence-electron chi connectivity index (χ1n) is 6.06. The SMILES string of the molecule is CNC1CCCCC1S(=O)c1ccccc1Br. The number of rotatable bonds is 3. The van der Waals surface area contributed by atoms with Crippen LogP contribution in [0.15, 0.2) is 33.6 Å². The minimum atomic E-state index is -0.921. The molecule has 4 heteroatoms. The maximum Gasteiger partial charge on any atom is 0.0588 e. The molecule has 1 aliphatic carbocycles. The smallest absolute Gasteiger partial charge is 0.0588 e. The Kier molecular flexibility index (Phi) is 4.77. The predicted molar refractivity (Wildman–Crippen MR) is 75.7 cm³/mol. The van der Waals surface area contributed by atoms with Gasteiger partial charge in [-0.05, 0) is 48.0 Å². The maximum absolute atomic E-state index is 12.6. The molecule has 1 aromatic carbocycles. The van der Waals surface area contributed by atoms with Crippen LogP contribution in [0.5, 0.6) is 0 Å². The molecular formula is C13H18BrNOS. The van der Waals surface area contributed by atoms with Gasteiger partial charge in [0, 0.05) is 10.5 Å². The monoisotopic (exact) mass is 315 g/mol. The second-order valence-corrected chi connectivity index (χ2v) is 6.94. The Labute approximate surface area is 114 Å².